The number of amides is 2. The number of pyridine rings is 1. The van der Waals surface area contributed by atoms with Crippen LogP contribution in [-0.2, 0) is 5.54 Å². The van der Waals surface area contributed by atoms with Crippen LogP contribution in [0.4, 0.5) is 10.5 Å². The van der Waals surface area contributed by atoms with Gasteiger partial charge in [0.2, 0.25) is 0 Å². The fourth-order valence-electron chi connectivity index (χ4n) is 1.96. The minimum atomic E-state index is -0.188. The van der Waals surface area contributed by atoms with E-state index in [1.807, 2.05) is 36.0 Å². The number of hydrogen-bond acceptors (Lipinski definition) is 3. The molecule has 0 saturated carbocycles. The second-order valence-electron chi connectivity index (χ2n) is 6.32. The maximum atomic E-state index is 12.3. The summed E-state index contributed by atoms with van der Waals surface area (Å²) in [6, 6.07) is 5.38. The monoisotopic (exact) mass is 301 g/mol. The first-order valence-corrected chi connectivity index (χ1v) is 7.29. The van der Waals surface area contributed by atoms with Crippen LogP contribution in [0.2, 0.25) is 0 Å². The molecule has 1 unspecified atom stereocenters. The highest BCUT2D eigenvalue weighted by atomic mass is 16.2. The largest absolute Gasteiger partial charge is 0.322 e. The van der Waals surface area contributed by atoms with Gasteiger partial charge in [-0.2, -0.15) is 5.10 Å². The molecule has 6 heteroatoms. The summed E-state index contributed by atoms with van der Waals surface area (Å²) in [5.74, 6) is 0. The average Bonchev–Trinajstić information content (AvgIpc) is 2.95. The molecule has 2 heterocycles. The van der Waals surface area contributed by atoms with Gasteiger partial charge in [0.15, 0.2) is 0 Å². The van der Waals surface area contributed by atoms with Gasteiger partial charge in [-0.3, -0.25) is 9.67 Å². The van der Waals surface area contributed by atoms with E-state index in [1.165, 1.54) is 0 Å². The quantitative estimate of drug-likeness (QED) is 0.946. The fourth-order valence-corrected chi connectivity index (χ4v) is 1.96. The Hall–Kier alpha value is -2.37. The number of nitrogens with one attached hydrogen (secondary N) is 1. The zero-order valence-corrected chi connectivity index (χ0v) is 13.7. The van der Waals surface area contributed by atoms with Crippen LogP contribution in [-0.4, -0.2) is 32.7 Å². The number of aromatic nitrogens is 3. The number of carbonyl (C=O) groups is 1. The Morgan fingerprint density at radius 1 is 1.36 bits per heavy atom. The van der Waals surface area contributed by atoms with Crippen LogP contribution in [0.25, 0.3) is 0 Å². The molecule has 2 rings (SSSR count). The lowest BCUT2D eigenvalue weighted by Gasteiger charge is -2.24. The van der Waals surface area contributed by atoms with Crippen LogP contribution in [0.15, 0.2) is 36.8 Å². The van der Waals surface area contributed by atoms with Crippen LogP contribution in [0.3, 0.4) is 0 Å². The van der Waals surface area contributed by atoms with Gasteiger partial charge in [0.1, 0.15) is 0 Å². The van der Waals surface area contributed by atoms with E-state index in [0.29, 0.717) is 5.69 Å². The van der Waals surface area contributed by atoms with Crippen molar-refractivity contribution < 1.29 is 4.79 Å². The number of nitrogens with zero attached hydrogens (tertiary/aromatic N) is 4. The lowest BCUT2D eigenvalue weighted by molar-refractivity contribution is 0.207. The highest BCUT2D eigenvalue weighted by Crippen LogP contribution is 2.19. The molecule has 2 amide bonds. The molecule has 0 aromatic carbocycles. The van der Waals surface area contributed by atoms with Gasteiger partial charge >= 0.3 is 6.03 Å². The maximum absolute atomic E-state index is 12.3. The molecule has 0 aliphatic heterocycles. The molecule has 1 atom stereocenters. The lowest BCUT2D eigenvalue weighted by Crippen LogP contribution is -2.33. The molecule has 0 saturated heterocycles. The van der Waals surface area contributed by atoms with E-state index in [1.54, 1.807) is 24.3 Å². The van der Waals surface area contributed by atoms with Gasteiger partial charge in [-0.25, -0.2) is 4.79 Å². The molecule has 0 fully saturated rings. The Balaban J connectivity index is 2.04. The third kappa shape index (κ3) is 3.63. The van der Waals surface area contributed by atoms with E-state index in [4.69, 9.17) is 0 Å². The molecule has 2 aromatic rings. The fraction of sp³-hybridized carbons (Fsp3) is 0.438. The molecular formula is C16H23N5O. The van der Waals surface area contributed by atoms with E-state index in [-0.39, 0.29) is 17.6 Å². The average molecular weight is 301 g/mol. The predicted molar refractivity (Wildman–Crippen MR) is 86.7 cm³/mol. The molecule has 0 aliphatic carbocycles. The standard InChI is InChI=1S/C16H23N5O/c1-12(14-8-6-7-9-17-14)20(5)15(22)19-13-10-18-21(11-13)16(2,3)4/h6-12H,1-5H3,(H,19,22). The minimum Gasteiger partial charge on any atom is -0.319 e. The third-order valence-corrected chi connectivity index (χ3v) is 3.54. The molecule has 0 spiro atoms. The minimum absolute atomic E-state index is 0.112. The van der Waals surface area contributed by atoms with Crippen LogP contribution in [0.1, 0.15) is 39.4 Å². The first kappa shape index (κ1) is 16.0. The first-order valence-electron chi connectivity index (χ1n) is 7.29. The van der Waals surface area contributed by atoms with Crippen molar-refractivity contribution in [2.75, 3.05) is 12.4 Å². The molecular weight excluding hydrogens is 278 g/mol. The van der Waals surface area contributed by atoms with E-state index in [2.05, 4.69) is 36.2 Å². The van der Waals surface area contributed by atoms with Gasteiger partial charge in [0.25, 0.3) is 0 Å². The molecule has 0 aliphatic rings. The molecule has 118 valence electrons. The van der Waals surface area contributed by atoms with Gasteiger partial charge in [-0.15, -0.1) is 0 Å². The first-order chi connectivity index (χ1) is 10.3. The van der Waals surface area contributed by atoms with Crippen molar-refractivity contribution in [3.05, 3.63) is 42.5 Å². The van der Waals surface area contributed by atoms with Crippen molar-refractivity contribution in [2.24, 2.45) is 0 Å². The van der Waals surface area contributed by atoms with Gasteiger partial charge in [-0.05, 0) is 39.8 Å². The molecule has 1 N–H and O–H groups in total. The normalized spacial score (nSPS) is 12.8. The molecule has 6 nitrogen and oxygen atoms in total. The van der Waals surface area contributed by atoms with Crippen LogP contribution >= 0.6 is 0 Å². The number of hydrogen-bond donors (Lipinski definition) is 1. The van der Waals surface area contributed by atoms with E-state index < -0.39 is 0 Å². The topological polar surface area (TPSA) is 63.1 Å². The Kier molecular flexibility index (Phi) is 4.49. The Labute approximate surface area is 131 Å². The number of carbonyl (C=O) groups excluding carboxylic acids is 1. The number of rotatable bonds is 3. The van der Waals surface area contributed by atoms with Crippen molar-refractivity contribution in [1.29, 1.82) is 0 Å². The van der Waals surface area contributed by atoms with Crippen LogP contribution < -0.4 is 5.32 Å². The van der Waals surface area contributed by atoms with Crippen molar-refractivity contribution in [2.45, 2.75) is 39.3 Å². The molecule has 0 radical (unpaired) electrons. The van der Waals surface area contributed by atoms with Crippen LogP contribution in [0, 0.1) is 0 Å². The Morgan fingerprint density at radius 2 is 2.09 bits per heavy atom. The van der Waals surface area contributed by atoms with Gasteiger partial charge < -0.3 is 10.2 Å². The zero-order chi connectivity index (χ0) is 16.3. The van der Waals surface area contributed by atoms with Crippen LogP contribution in [0.5, 0.6) is 0 Å². The summed E-state index contributed by atoms with van der Waals surface area (Å²) in [5.41, 5.74) is 1.42. The van der Waals surface area contributed by atoms with Crippen molar-refractivity contribution in [3.63, 3.8) is 0 Å². The van der Waals surface area contributed by atoms with E-state index >= 15 is 0 Å². The van der Waals surface area contributed by atoms with Gasteiger partial charge in [-0.1, -0.05) is 6.07 Å². The van der Waals surface area contributed by atoms with Crippen molar-refractivity contribution in [1.82, 2.24) is 19.7 Å². The summed E-state index contributed by atoms with van der Waals surface area (Å²) >= 11 is 0. The second-order valence-corrected chi connectivity index (χ2v) is 6.32. The summed E-state index contributed by atoms with van der Waals surface area (Å²) in [4.78, 5) is 18.2. The second kappa shape index (κ2) is 6.17. The summed E-state index contributed by atoms with van der Waals surface area (Å²) in [6.07, 6.45) is 5.21. The highest BCUT2D eigenvalue weighted by Gasteiger charge is 2.20. The van der Waals surface area contributed by atoms with E-state index in [0.717, 1.165) is 5.69 Å². The smallest absolute Gasteiger partial charge is 0.319 e. The van der Waals surface area contributed by atoms with Gasteiger partial charge in [0.05, 0.1) is 29.2 Å². The summed E-state index contributed by atoms with van der Waals surface area (Å²) < 4.78 is 1.82. The molecule has 22 heavy (non-hydrogen) atoms. The van der Waals surface area contributed by atoms with Crippen molar-refractivity contribution >= 4 is 11.7 Å². The summed E-state index contributed by atoms with van der Waals surface area (Å²) in [6.45, 7) is 8.11. The molecule has 0 bridgehead atoms. The van der Waals surface area contributed by atoms with Gasteiger partial charge in [0, 0.05) is 19.4 Å². The SMILES string of the molecule is CC(c1ccccn1)N(C)C(=O)Nc1cnn(C(C)(C)C)c1. The zero-order valence-electron chi connectivity index (χ0n) is 13.7. The Bertz CT molecular complexity index is 629. The highest BCUT2D eigenvalue weighted by molar-refractivity contribution is 5.89. The summed E-state index contributed by atoms with van der Waals surface area (Å²) in [5, 5.41) is 7.13. The number of urea groups is 1. The third-order valence-electron chi connectivity index (χ3n) is 3.54. The summed E-state index contributed by atoms with van der Waals surface area (Å²) in [7, 11) is 1.75. The molecule has 2 aromatic heterocycles. The maximum Gasteiger partial charge on any atom is 0.322 e. The number of anilines is 1. The van der Waals surface area contributed by atoms with E-state index in [9.17, 15) is 4.79 Å². The lowest BCUT2D eigenvalue weighted by atomic mass is 10.1. The Morgan fingerprint density at radius 3 is 2.64 bits per heavy atom. The van der Waals surface area contributed by atoms with Crippen molar-refractivity contribution in [3.8, 4) is 0 Å². The predicted octanol–water partition coefficient (Wildman–Crippen LogP) is 3.26.